The molecule has 0 N–H and O–H groups in total. The fraction of sp³-hybridized carbons (Fsp3) is 0. The number of nitrogens with zero attached hydrogens (tertiary/aromatic N) is 1. The maximum absolute atomic E-state index is 10.1. The van der Waals surface area contributed by atoms with Gasteiger partial charge in [-0.1, -0.05) is 0 Å². The Morgan fingerprint density at radius 2 is 1.91 bits per heavy atom. The van der Waals surface area contributed by atoms with Gasteiger partial charge < -0.3 is 0 Å². The van der Waals surface area contributed by atoms with Crippen LogP contribution in [0.15, 0.2) is 24.3 Å². The largest absolute Gasteiger partial charge is 0.269 e. The highest BCUT2D eigenvalue weighted by Crippen LogP contribution is 2.11. The summed E-state index contributed by atoms with van der Waals surface area (Å²) in [6, 6.07) is 5.82. The first-order chi connectivity index (χ1) is 5.24. The Bertz CT molecular complexity index is 277. The molecule has 3 heteroatoms. The number of nitro groups is 1. The predicted octanol–water partition coefficient (Wildman–Crippen LogP) is 1.92. The van der Waals surface area contributed by atoms with Gasteiger partial charge in [0.2, 0.25) is 0 Å². The van der Waals surface area contributed by atoms with Crippen molar-refractivity contribution in [2.24, 2.45) is 0 Å². The quantitative estimate of drug-likeness (QED) is 0.473. The van der Waals surface area contributed by atoms with E-state index in [4.69, 9.17) is 6.58 Å². The highest BCUT2D eigenvalue weighted by atomic mass is 16.6. The van der Waals surface area contributed by atoms with Crippen LogP contribution in [-0.4, -0.2) is 4.92 Å². The summed E-state index contributed by atoms with van der Waals surface area (Å²) in [5.41, 5.74) is 0.714. The second-order valence-electron chi connectivity index (χ2n) is 1.99. The highest BCUT2D eigenvalue weighted by Gasteiger charge is 2.01. The summed E-state index contributed by atoms with van der Waals surface area (Å²) in [5.74, 6) is 0. The molecule has 11 heavy (non-hydrogen) atoms. The monoisotopic (exact) mass is 147 g/mol. The molecule has 0 aliphatic carbocycles. The van der Waals surface area contributed by atoms with Crippen molar-refractivity contribution in [3.8, 4) is 0 Å². The maximum Gasteiger partial charge on any atom is 0.269 e. The normalized spacial score (nSPS) is 9.09. The van der Waals surface area contributed by atoms with E-state index in [1.807, 2.05) is 0 Å². The molecular formula is C8H5NO2. The van der Waals surface area contributed by atoms with E-state index >= 15 is 0 Å². The van der Waals surface area contributed by atoms with Crippen LogP contribution >= 0.6 is 0 Å². The first kappa shape index (κ1) is 7.47. The topological polar surface area (TPSA) is 43.1 Å². The molecule has 54 valence electrons. The van der Waals surface area contributed by atoms with Crippen molar-refractivity contribution in [2.75, 3.05) is 0 Å². The van der Waals surface area contributed by atoms with Crippen molar-refractivity contribution in [3.05, 3.63) is 46.5 Å². The zero-order valence-electron chi connectivity index (χ0n) is 5.65. The Kier molecular flexibility index (Phi) is 2.01. The third kappa shape index (κ3) is 1.64. The minimum absolute atomic E-state index is 0.0515. The maximum atomic E-state index is 10.1. The molecule has 1 aromatic carbocycles. The average molecular weight is 147 g/mol. The molecule has 0 unspecified atom stereocenters. The van der Waals surface area contributed by atoms with Crippen molar-refractivity contribution in [2.45, 2.75) is 0 Å². The number of nitro benzene ring substituents is 1. The summed E-state index contributed by atoms with van der Waals surface area (Å²) in [7, 11) is 0. The first-order valence-corrected chi connectivity index (χ1v) is 2.99. The van der Waals surface area contributed by atoms with Crippen LogP contribution in [0.1, 0.15) is 5.56 Å². The van der Waals surface area contributed by atoms with E-state index in [0.29, 0.717) is 5.56 Å². The van der Waals surface area contributed by atoms with E-state index in [-0.39, 0.29) is 5.69 Å². The van der Waals surface area contributed by atoms with Crippen molar-refractivity contribution < 1.29 is 4.92 Å². The van der Waals surface area contributed by atoms with Crippen LogP contribution in [0, 0.1) is 16.7 Å². The molecule has 0 atom stereocenters. The molecule has 1 rings (SSSR count). The molecule has 2 radical (unpaired) electrons. The van der Waals surface area contributed by atoms with Gasteiger partial charge in [-0.25, -0.2) is 0 Å². The molecule has 0 saturated carbocycles. The smallest absolute Gasteiger partial charge is 0.258 e. The van der Waals surface area contributed by atoms with Crippen LogP contribution in [0.3, 0.4) is 0 Å². The fourth-order valence-corrected chi connectivity index (χ4v) is 0.692. The summed E-state index contributed by atoms with van der Waals surface area (Å²) in [4.78, 5) is 9.68. The van der Waals surface area contributed by atoms with Crippen LogP contribution < -0.4 is 0 Å². The third-order valence-corrected chi connectivity index (χ3v) is 1.27. The second-order valence-corrected chi connectivity index (χ2v) is 1.99. The minimum Gasteiger partial charge on any atom is -0.258 e. The highest BCUT2D eigenvalue weighted by molar-refractivity contribution is 5.48. The lowest BCUT2D eigenvalue weighted by Crippen LogP contribution is -1.86. The third-order valence-electron chi connectivity index (χ3n) is 1.27. The number of benzene rings is 1. The van der Waals surface area contributed by atoms with Gasteiger partial charge >= 0.3 is 0 Å². The van der Waals surface area contributed by atoms with Gasteiger partial charge in [-0.3, -0.25) is 10.1 Å². The fourth-order valence-electron chi connectivity index (χ4n) is 0.692. The predicted molar refractivity (Wildman–Crippen MR) is 40.8 cm³/mol. The van der Waals surface area contributed by atoms with Gasteiger partial charge in [0.05, 0.1) is 4.92 Å². The number of hydrogen-bond donors (Lipinski definition) is 0. The van der Waals surface area contributed by atoms with Gasteiger partial charge in [0.15, 0.2) is 0 Å². The molecule has 0 heterocycles. The SMILES string of the molecule is [C]=Cc1ccc([N+](=O)[O-])cc1. The van der Waals surface area contributed by atoms with E-state index in [1.54, 1.807) is 0 Å². The van der Waals surface area contributed by atoms with E-state index in [9.17, 15) is 10.1 Å². The number of non-ortho nitro benzene ring substituents is 1. The van der Waals surface area contributed by atoms with Crippen molar-refractivity contribution in [1.82, 2.24) is 0 Å². The summed E-state index contributed by atoms with van der Waals surface area (Å²) < 4.78 is 0. The van der Waals surface area contributed by atoms with E-state index in [1.165, 1.54) is 24.3 Å². The minimum atomic E-state index is -0.465. The van der Waals surface area contributed by atoms with Gasteiger partial charge in [-0.05, 0) is 30.4 Å². The molecule has 0 amide bonds. The molecule has 0 aliphatic heterocycles. The van der Waals surface area contributed by atoms with Gasteiger partial charge in [-0.2, -0.15) is 0 Å². The van der Waals surface area contributed by atoms with Crippen molar-refractivity contribution >= 4 is 11.8 Å². The molecular weight excluding hydrogens is 142 g/mol. The zero-order valence-corrected chi connectivity index (χ0v) is 5.65. The Balaban J connectivity index is 3.00. The summed E-state index contributed by atoms with van der Waals surface area (Å²) in [6.07, 6.45) is 1.14. The van der Waals surface area contributed by atoms with E-state index in [2.05, 4.69) is 0 Å². The van der Waals surface area contributed by atoms with Gasteiger partial charge in [-0.15, -0.1) is 0 Å². The molecule has 0 saturated heterocycles. The molecule has 0 spiro atoms. The molecule has 3 nitrogen and oxygen atoms in total. The lowest BCUT2D eigenvalue weighted by Gasteiger charge is -1.90. The van der Waals surface area contributed by atoms with Gasteiger partial charge in [0.1, 0.15) is 0 Å². The van der Waals surface area contributed by atoms with Crippen LogP contribution in [0.25, 0.3) is 6.08 Å². The van der Waals surface area contributed by atoms with Crippen LogP contribution in [0.2, 0.25) is 0 Å². The second kappa shape index (κ2) is 2.96. The van der Waals surface area contributed by atoms with Crippen molar-refractivity contribution in [1.29, 1.82) is 0 Å². The summed E-state index contributed by atoms with van der Waals surface area (Å²) in [6.45, 7) is 6.83. The lowest BCUT2D eigenvalue weighted by molar-refractivity contribution is -0.384. The molecule has 0 aromatic heterocycles. The lowest BCUT2D eigenvalue weighted by atomic mass is 10.2. The Morgan fingerprint density at radius 3 is 2.27 bits per heavy atom. The zero-order chi connectivity index (χ0) is 8.27. The van der Waals surface area contributed by atoms with Gasteiger partial charge in [0.25, 0.3) is 5.69 Å². The summed E-state index contributed by atoms with van der Waals surface area (Å²) >= 11 is 0. The Labute approximate surface area is 64.1 Å². The molecule has 0 fully saturated rings. The molecule has 1 aromatic rings. The first-order valence-electron chi connectivity index (χ1n) is 2.99. The van der Waals surface area contributed by atoms with Crippen LogP contribution in [-0.2, 0) is 0 Å². The standard InChI is InChI=1S/C8H5NO2/c1-2-7-3-5-8(6-4-7)9(10)11/h2-6H. The molecule has 0 aliphatic rings. The van der Waals surface area contributed by atoms with E-state index in [0.717, 1.165) is 6.08 Å². The number of rotatable bonds is 2. The molecule has 0 bridgehead atoms. The summed E-state index contributed by atoms with van der Waals surface area (Å²) in [5, 5.41) is 10.1. The van der Waals surface area contributed by atoms with Crippen molar-refractivity contribution in [3.63, 3.8) is 0 Å². The van der Waals surface area contributed by atoms with E-state index < -0.39 is 4.92 Å². The van der Waals surface area contributed by atoms with Crippen LogP contribution in [0.4, 0.5) is 5.69 Å². The number of hydrogen-bond acceptors (Lipinski definition) is 2. The Morgan fingerprint density at radius 1 is 1.36 bits per heavy atom. The average Bonchev–Trinajstić information content (AvgIpc) is 2.05. The van der Waals surface area contributed by atoms with Crippen LogP contribution in [0.5, 0.6) is 0 Å². The Hall–Kier alpha value is -1.64. The van der Waals surface area contributed by atoms with Gasteiger partial charge in [0, 0.05) is 12.1 Å².